The van der Waals surface area contributed by atoms with E-state index in [0.717, 1.165) is 18.5 Å². The molecule has 0 unspecified atom stereocenters. The van der Waals surface area contributed by atoms with Crippen LogP contribution < -0.4 is 4.74 Å². The maximum atomic E-state index is 13.1. The summed E-state index contributed by atoms with van der Waals surface area (Å²) < 4.78 is 18.7. The van der Waals surface area contributed by atoms with Crippen molar-refractivity contribution in [3.63, 3.8) is 0 Å². The molecule has 2 aromatic rings. The summed E-state index contributed by atoms with van der Waals surface area (Å²) >= 11 is 0. The Balaban J connectivity index is 1.71. The van der Waals surface area contributed by atoms with Crippen LogP contribution in [0.5, 0.6) is 5.75 Å². The molecule has 0 amide bonds. The third-order valence-corrected chi connectivity index (χ3v) is 3.26. The molecule has 0 fully saturated rings. The predicted molar refractivity (Wildman–Crippen MR) is 84.0 cm³/mol. The summed E-state index contributed by atoms with van der Waals surface area (Å²) in [4.78, 5) is 2.13. The Labute approximate surface area is 130 Å². The number of ether oxygens (including phenoxy) is 1. The molecule has 0 N–H and O–H groups in total. The summed E-state index contributed by atoms with van der Waals surface area (Å²) in [5, 5.41) is 8.83. The fourth-order valence-electron chi connectivity index (χ4n) is 2.21. The fraction of sp³-hybridized carbons (Fsp3) is 0.278. The average Bonchev–Trinajstić information content (AvgIpc) is 2.52. The monoisotopic (exact) mass is 298 g/mol. The van der Waals surface area contributed by atoms with Crippen LogP contribution in [0.2, 0.25) is 0 Å². The van der Waals surface area contributed by atoms with Gasteiger partial charge in [-0.05, 0) is 49.4 Å². The van der Waals surface area contributed by atoms with E-state index >= 15 is 0 Å². The van der Waals surface area contributed by atoms with Gasteiger partial charge >= 0.3 is 0 Å². The van der Waals surface area contributed by atoms with Crippen molar-refractivity contribution in [2.75, 3.05) is 20.2 Å². The van der Waals surface area contributed by atoms with Crippen LogP contribution in [-0.4, -0.2) is 25.1 Å². The number of benzene rings is 2. The Morgan fingerprint density at radius 2 is 2.00 bits per heavy atom. The van der Waals surface area contributed by atoms with Gasteiger partial charge in [-0.1, -0.05) is 18.2 Å². The van der Waals surface area contributed by atoms with Gasteiger partial charge in [0.1, 0.15) is 11.6 Å². The molecule has 0 atom stereocenters. The fourth-order valence-corrected chi connectivity index (χ4v) is 2.21. The third kappa shape index (κ3) is 5.19. The van der Waals surface area contributed by atoms with Crippen molar-refractivity contribution in [2.45, 2.75) is 13.0 Å². The summed E-state index contributed by atoms with van der Waals surface area (Å²) in [6, 6.07) is 15.9. The third-order valence-electron chi connectivity index (χ3n) is 3.26. The molecule has 22 heavy (non-hydrogen) atoms. The van der Waals surface area contributed by atoms with Gasteiger partial charge in [-0.25, -0.2) is 4.39 Å². The van der Waals surface area contributed by atoms with Gasteiger partial charge < -0.3 is 9.64 Å². The SMILES string of the molecule is CN(CCCOc1cccc(C#N)c1)Cc1cccc(F)c1. The van der Waals surface area contributed by atoms with Crippen LogP contribution in [0.3, 0.4) is 0 Å². The van der Waals surface area contributed by atoms with Gasteiger partial charge in [-0.2, -0.15) is 5.26 Å². The Morgan fingerprint density at radius 3 is 2.77 bits per heavy atom. The van der Waals surface area contributed by atoms with Crippen LogP contribution in [0.4, 0.5) is 4.39 Å². The maximum absolute atomic E-state index is 13.1. The molecule has 0 radical (unpaired) electrons. The van der Waals surface area contributed by atoms with Crippen LogP contribution in [0, 0.1) is 17.1 Å². The number of hydrogen-bond donors (Lipinski definition) is 0. The first kappa shape index (κ1) is 16.0. The molecule has 114 valence electrons. The molecule has 0 saturated heterocycles. The standard InChI is InChI=1S/C18H19FN2O/c1-21(14-16-6-2-7-17(19)11-16)9-4-10-22-18-8-3-5-15(12-18)13-20/h2-3,5-8,11-12H,4,9-10,14H2,1H3. The van der Waals surface area contributed by atoms with Crippen LogP contribution in [-0.2, 0) is 6.54 Å². The Kier molecular flexibility index (Phi) is 5.93. The predicted octanol–water partition coefficient (Wildman–Crippen LogP) is 3.60. The second kappa shape index (κ2) is 8.16. The smallest absolute Gasteiger partial charge is 0.123 e. The van der Waals surface area contributed by atoms with E-state index in [2.05, 4.69) is 11.0 Å². The molecule has 2 aromatic carbocycles. The lowest BCUT2D eigenvalue weighted by atomic mass is 10.2. The number of nitriles is 1. The lowest BCUT2D eigenvalue weighted by Crippen LogP contribution is -2.20. The van der Waals surface area contributed by atoms with Gasteiger partial charge in [-0.3, -0.25) is 0 Å². The largest absolute Gasteiger partial charge is 0.494 e. The Bertz CT molecular complexity index is 652. The highest BCUT2D eigenvalue weighted by Gasteiger charge is 2.02. The summed E-state index contributed by atoms with van der Waals surface area (Å²) in [6.07, 6.45) is 0.864. The first-order valence-corrected chi connectivity index (χ1v) is 7.23. The van der Waals surface area contributed by atoms with Gasteiger partial charge in [0.25, 0.3) is 0 Å². The molecule has 0 heterocycles. The highest BCUT2D eigenvalue weighted by Crippen LogP contribution is 2.13. The Morgan fingerprint density at radius 1 is 1.18 bits per heavy atom. The van der Waals surface area contributed by atoms with Crippen molar-refractivity contribution in [3.8, 4) is 11.8 Å². The molecule has 3 nitrogen and oxygen atoms in total. The number of nitrogens with zero attached hydrogens (tertiary/aromatic N) is 2. The van der Waals surface area contributed by atoms with E-state index in [4.69, 9.17) is 10.00 Å². The summed E-state index contributed by atoms with van der Waals surface area (Å²) in [5.41, 5.74) is 1.56. The normalized spacial score (nSPS) is 10.5. The van der Waals surface area contributed by atoms with Crippen molar-refractivity contribution in [1.82, 2.24) is 4.90 Å². The highest BCUT2D eigenvalue weighted by atomic mass is 19.1. The lowest BCUT2D eigenvalue weighted by molar-refractivity contribution is 0.258. The van der Waals surface area contributed by atoms with Crippen LogP contribution >= 0.6 is 0 Å². The molecule has 2 rings (SSSR count). The summed E-state index contributed by atoms with van der Waals surface area (Å²) in [7, 11) is 2.00. The van der Waals surface area contributed by atoms with Crippen molar-refractivity contribution in [2.24, 2.45) is 0 Å². The zero-order chi connectivity index (χ0) is 15.8. The van der Waals surface area contributed by atoms with Crippen molar-refractivity contribution in [1.29, 1.82) is 5.26 Å². The molecule has 0 aliphatic rings. The van der Waals surface area contributed by atoms with E-state index in [1.54, 1.807) is 24.3 Å². The van der Waals surface area contributed by atoms with E-state index in [0.29, 0.717) is 24.5 Å². The average molecular weight is 298 g/mol. The molecule has 0 saturated carbocycles. The zero-order valence-corrected chi connectivity index (χ0v) is 12.6. The minimum absolute atomic E-state index is 0.202. The quantitative estimate of drug-likeness (QED) is 0.733. The minimum atomic E-state index is -0.202. The summed E-state index contributed by atoms with van der Waals surface area (Å²) in [6.45, 7) is 2.15. The molecular weight excluding hydrogens is 279 g/mol. The molecule has 0 aliphatic carbocycles. The van der Waals surface area contributed by atoms with E-state index in [1.165, 1.54) is 6.07 Å². The van der Waals surface area contributed by atoms with Gasteiger partial charge in [-0.15, -0.1) is 0 Å². The lowest BCUT2D eigenvalue weighted by Gasteiger charge is -2.17. The highest BCUT2D eigenvalue weighted by molar-refractivity contribution is 5.36. The molecule has 0 bridgehead atoms. The van der Waals surface area contributed by atoms with Crippen molar-refractivity contribution in [3.05, 3.63) is 65.5 Å². The molecule has 0 spiro atoms. The van der Waals surface area contributed by atoms with Crippen molar-refractivity contribution >= 4 is 0 Å². The minimum Gasteiger partial charge on any atom is -0.494 e. The van der Waals surface area contributed by atoms with E-state index in [9.17, 15) is 4.39 Å². The first-order chi connectivity index (χ1) is 10.7. The Hall–Kier alpha value is -2.38. The number of halogens is 1. The van der Waals surface area contributed by atoms with Gasteiger partial charge in [0, 0.05) is 13.1 Å². The van der Waals surface area contributed by atoms with Gasteiger partial charge in [0.15, 0.2) is 0 Å². The number of hydrogen-bond acceptors (Lipinski definition) is 3. The van der Waals surface area contributed by atoms with E-state index in [-0.39, 0.29) is 5.82 Å². The van der Waals surface area contributed by atoms with Gasteiger partial charge in [0.05, 0.1) is 18.2 Å². The van der Waals surface area contributed by atoms with Gasteiger partial charge in [0.2, 0.25) is 0 Å². The van der Waals surface area contributed by atoms with Crippen molar-refractivity contribution < 1.29 is 9.13 Å². The molecule has 0 aromatic heterocycles. The number of rotatable bonds is 7. The maximum Gasteiger partial charge on any atom is 0.123 e. The summed E-state index contributed by atoms with van der Waals surface area (Å²) in [5.74, 6) is 0.512. The van der Waals surface area contributed by atoms with Crippen LogP contribution in [0.25, 0.3) is 0 Å². The zero-order valence-electron chi connectivity index (χ0n) is 12.6. The first-order valence-electron chi connectivity index (χ1n) is 7.23. The second-order valence-corrected chi connectivity index (χ2v) is 5.21. The van der Waals surface area contributed by atoms with Crippen LogP contribution in [0.1, 0.15) is 17.5 Å². The molecule has 4 heteroatoms. The molecule has 0 aliphatic heterocycles. The second-order valence-electron chi connectivity index (χ2n) is 5.21. The van der Waals surface area contributed by atoms with E-state index < -0.39 is 0 Å². The topological polar surface area (TPSA) is 36.3 Å². The van der Waals surface area contributed by atoms with Crippen LogP contribution in [0.15, 0.2) is 48.5 Å². The van der Waals surface area contributed by atoms with E-state index in [1.807, 2.05) is 25.2 Å². The molecular formula is C18H19FN2O.